The maximum absolute atomic E-state index is 12.3. The summed E-state index contributed by atoms with van der Waals surface area (Å²) in [6.07, 6.45) is 3.79. The quantitative estimate of drug-likeness (QED) is 0.798. The van der Waals surface area contributed by atoms with Crippen molar-refractivity contribution in [3.05, 3.63) is 46.2 Å². The van der Waals surface area contributed by atoms with E-state index in [4.69, 9.17) is 0 Å². The maximum Gasteiger partial charge on any atom is 0.256 e. The van der Waals surface area contributed by atoms with Crippen molar-refractivity contribution < 1.29 is 9.90 Å². The van der Waals surface area contributed by atoms with Crippen LogP contribution >= 0.6 is 0 Å². The molecule has 1 aromatic carbocycles. The van der Waals surface area contributed by atoms with Crippen LogP contribution in [0.3, 0.4) is 0 Å². The average Bonchev–Trinajstić information content (AvgIpc) is 2.91. The number of fused-ring (bicyclic) bond motifs is 1. The number of para-hydroxylation sites is 1. The minimum atomic E-state index is -0.388. The van der Waals surface area contributed by atoms with Gasteiger partial charge in [-0.25, -0.2) is 0 Å². The molecule has 1 fully saturated rings. The fourth-order valence-corrected chi connectivity index (χ4v) is 2.91. The normalized spacial score (nSPS) is 21.6. The number of nitrogens with one attached hydrogen (secondary N) is 2. The Hall–Kier alpha value is -2.14. The fourth-order valence-electron chi connectivity index (χ4n) is 2.91. The van der Waals surface area contributed by atoms with Crippen LogP contribution in [0.4, 0.5) is 0 Å². The van der Waals surface area contributed by atoms with E-state index in [9.17, 15) is 14.7 Å². The number of aromatic nitrogens is 1. The predicted octanol–water partition coefficient (Wildman–Crippen LogP) is 1.42. The molecule has 3 N–H and O–H groups in total. The van der Waals surface area contributed by atoms with Crippen molar-refractivity contribution in [2.75, 3.05) is 6.54 Å². The van der Waals surface area contributed by atoms with Gasteiger partial charge in [-0.3, -0.25) is 9.59 Å². The number of amides is 1. The second kappa shape index (κ2) is 5.69. The summed E-state index contributed by atoms with van der Waals surface area (Å²) in [6, 6.07) is 7.10. The molecular weight excluding hydrogens is 268 g/mol. The lowest BCUT2D eigenvalue weighted by atomic mass is 10.1. The van der Waals surface area contributed by atoms with Crippen LogP contribution in [0.15, 0.2) is 35.3 Å². The number of rotatable bonds is 3. The Morgan fingerprint density at radius 2 is 2.14 bits per heavy atom. The molecule has 2 aromatic rings. The number of aromatic amines is 1. The molecule has 1 aliphatic carbocycles. The highest BCUT2D eigenvalue weighted by molar-refractivity contribution is 5.97. The first-order valence-corrected chi connectivity index (χ1v) is 7.23. The number of pyridine rings is 1. The van der Waals surface area contributed by atoms with Gasteiger partial charge < -0.3 is 15.4 Å². The summed E-state index contributed by atoms with van der Waals surface area (Å²) in [4.78, 5) is 27.4. The highest BCUT2D eigenvalue weighted by Crippen LogP contribution is 2.24. The molecule has 2 unspecified atom stereocenters. The van der Waals surface area contributed by atoms with Gasteiger partial charge in [0.05, 0.1) is 6.10 Å². The number of hydrogen-bond donors (Lipinski definition) is 3. The Labute approximate surface area is 122 Å². The lowest BCUT2D eigenvalue weighted by molar-refractivity contribution is 0.0915. The third kappa shape index (κ3) is 2.69. The van der Waals surface area contributed by atoms with E-state index in [1.165, 1.54) is 6.20 Å². The zero-order valence-electron chi connectivity index (χ0n) is 11.6. The number of carbonyl (C=O) groups is 1. The van der Waals surface area contributed by atoms with Gasteiger partial charge in [0.25, 0.3) is 5.91 Å². The summed E-state index contributed by atoms with van der Waals surface area (Å²) in [5, 5.41) is 13.0. The van der Waals surface area contributed by atoms with Gasteiger partial charge >= 0.3 is 0 Å². The SMILES string of the molecule is O=C(NCC1CCCC1O)c1c[nH]c2ccccc2c1=O. The predicted molar refractivity (Wildman–Crippen MR) is 80.2 cm³/mol. The van der Waals surface area contributed by atoms with E-state index in [0.29, 0.717) is 17.4 Å². The van der Waals surface area contributed by atoms with E-state index < -0.39 is 0 Å². The molecule has 5 nitrogen and oxygen atoms in total. The van der Waals surface area contributed by atoms with E-state index in [1.807, 2.05) is 6.07 Å². The first kappa shape index (κ1) is 13.8. The zero-order chi connectivity index (χ0) is 14.8. The lowest BCUT2D eigenvalue weighted by Gasteiger charge is -2.14. The average molecular weight is 286 g/mol. The summed E-state index contributed by atoms with van der Waals surface area (Å²) < 4.78 is 0. The highest BCUT2D eigenvalue weighted by Gasteiger charge is 2.25. The standard InChI is InChI=1S/C16H18N2O3/c19-14-7-3-4-10(14)8-18-16(21)12-9-17-13-6-2-1-5-11(13)15(12)20/h1-2,5-6,9-10,14,19H,3-4,7-8H2,(H,17,20)(H,18,21). The number of benzene rings is 1. The molecule has 21 heavy (non-hydrogen) atoms. The second-order valence-electron chi connectivity index (χ2n) is 5.55. The van der Waals surface area contributed by atoms with Gasteiger partial charge in [0.2, 0.25) is 5.43 Å². The first-order valence-electron chi connectivity index (χ1n) is 7.23. The Morgan fingerprint density at radius 3 is 2.90 bits per heavy atom. The molecule has 1 heterocycles. The van der Waals surface area contributed by atoms with Crippen molar-refractivity contribution in [1.29, 1.82) is 0 Å². The van der Waals surface area contributed by atoms with Crippen molar-refractivity contribution in [2.45, 2.75) is 25.4 Å². The smallest absolute Gasteiger partial charge is 0.256 e. The van der Waals surface area contributed by atoms with Gasteiger partial charge in [-0.1, -0.05) is 18.6 Å². The first-order chi connectivity index (χ1) is 10.2. The molecule has 110 valence electrons. The topological polar surface area (TPSA) is 82.2 Å². The summed E-state index contributed by atoms with van der Waals surface area (Å²) >= 11 is 0. The molecular formula is C16H18N2O3. The molecule has 5 heteroatoms. The molecule has 1 aromatic heterocycles. The Morgan fingerprint density at radius 1 is 1.33 bits per heavy atom. The molecule has 1 saturated carbocycles. The van der Waals surface area contributed by atoms with Gasteiger partial charge in [0.15, 0.2) is 0 Å². The number of hydrogen-bond acceptors (Lipinski definition) is 3. The second-order valence-corrected chi connectivity index (χ2v) is 5.55. The molecule has 0 aliphatic heterocycles. The number of H-pyrrole nitrogens is 1. The third-order valence-corrected chi connectivity index (χ3v) is 4.18. The monoisotopic (exact) mass is 286 g/mol. The molecule has 0 radical (unpaired) electrons. The van der Waals surface area contributed by atoms with Crippen LogP contribution in [0.1, 0.15) is 29.6 Å². The van der Waals surface area contributed by atoms with Gasteiger partial charge in [0.1, 0.15) is 5.56 Å². The van der Waals surface area contributed by atoms with E-state index in [2.05, 4.69) is 10.3 Å². The molecule has 0 bridgehead atoms. The van der Waals surface area contributed by atoms with Gasteiger partial charge in [-0.05, 0) is 25.0 Å². The Balaban J connectivity index is 1.78. The van der Waals surface area contributed by atoms with Crippen LogP contribution in [0.25, 0.3) is 10.9 Å². The Kier molecular flexibility index (Phi) is 3.75. The highest BCUT2D eigenvalue weighted by atomic mass is 16.3. The van der Waals surface area contributed by atoms with E-state index in [-0.39, 0.29) is 28.9 Å². The minimum absolute atomic E-state index is 0.0912. The van der Waals surface area contributed by atoms with E-state index in [1.54, 1.807) is 18.2 Å². The number of carbonyl (C=O) groups excluding carboxylic acids is 1. The van der Waals surface area contributed by atoms with Gasteiger partial charge in [-0.2, -0.15) is 0 Å². The minimum Gasteiger partial charge on any atom is -0.393 e. The molecule has 1 amide bonds. The molecule has 3 rings (SSSR count). The van der Waals surface area contributed by atoms with Crippen LogP contribution in [0.5, 0.6) is 0 Å². The summed E-state index contributed by atoms with van der Waals surface area (Å²) in [6.45, 7) is 0.409. The Bertz CT molecular complexity index is 723. The fraction of sp³-hybridized carbons (Fsp3) is 0.375. The van der Waals surface area contributed by atoms with Crippen LogP contribution < -0.4 is 10.7 Å². The van der Waals surface area contributed by atoms with Crippen LogP contribution in [-0.4, -0.2) is 28.6 Å². The van der Waals surface area contributed by atoms with Crippen LogP contribution in [-0.2, 0) is 0 Å². The lowest BCUT2D eigenvalue weighted by Crippen LogP contribution is -2.35. The van der Waals surface area contributed by atoms with Crippen LogP contribution in [0, 0.1) is 5.92 Å². The van der Waals surface area contributed by atoms with Crippen molar-refractivity contribution in [2.24, 2.45) is 5.92 Å². The summed E-state index contributed by atoms with van der Waals surface area (Å²) in [7, 11) is 0. The molecule has 1 aliphatic rings. The molecule has 0 saturated heterocycles. The maximum atomic E-state index is 12.3. The van der Waals surface area contributed by atoms with Gasteiger partial charge in [0, 0.05) is 29.6 Å². The third-order valence-electron chi connectivity index (χ3n) is 4.18. The van der Waals surface area contributed by atoms with Crippen molar-refractivity contribution in [3.8, 4) is 0 Å². The van der Waals surface area contributed by atoms with Gasteiger partial charge in [-0.15, -0.1) is 0 Å². The number of aliphatic hydroxyl groups excluding tert-OH is 1. The summed E-state index contributed by atoms with van der Waals surface area (Å²) in [5.74, 6) is -0.297. The zero-order valence-corrected chi connectivity index (χ0v) is 11.6. The molecule has 0 spiro atoms. The molecule has 2 atom stereocenters. The summed E-state index contributed by atoms with van der Waals surface area (Å²) in [5.41, 5.74) is 0.556. The van der Waals surface area contributed by atoms with Crippen molar-refractivity contribution in [1.82, 2.24) is 10.3 Å². The van der Waals surface area contributed by atoms with Crippen LogP contribution in [0.2, 0.25) is 0 Å². The van der Waals surface area contributed by atoms with Crippen molar-refractivity contribution in [3.63, 3.8) is 0 Å². The number of aliphatic hydroxyl groups is 1. The van der Waals surface area contributed by atoms with E-state index in [0.717, 1.165) is 19.3 Å². The van der Waals surface area contributed by atoms with E-state index >= 15 is 0 Å². The largest absolute Gasteiger partial charge is 0.393 e. The van der Waals surface area contributed by atoms with Crippen molar-refractivity contribution >= 4 is 16.8 Å².